The number of hydrogen-bond donors (Lipinski definition) is 5. The summed E-state index contributed by atoms with van der Waals surface area (Å²) < 4.78 is 23.2. The number of para-hydroxylation sites is 3. The number of ether oxygens (including phenoxy) is 4. The largest absolute Gasteiger partial charge is 0.494 e. The number of nitrogens with two attached hydrogens (primary N) is 1. The molecule has 1 atom stereocenters. The fourth-order valence-corrected chi connectivity index (χ4v) is 4.02. The number of amidine groups is 1. The van der Waals surface area contributed by atoms with Crippen molar-refractivity contribution in [1.29, 1.82) is 5.41 Å². The van der Waals surface area contributed by atoms with Crippen LogP contribution in [0.4, 0.5) is 5.69 Å². The van der Waals surface area contributed by atoms with Crippen LogP contribution < -0.4 is 35.7 Å². The van der Waals surface area contributed by atoms with Crippen LogP contribution in [-0.4, -0.2) is 60.1 Å². The molecule has 0 aliphatic carbocycles. The van der Waals surface area contributed by atoms with Gasteiger partial charge in [0.05, 0.1) is 28.4 Å². The van der Waals surface area contributed by atoms with E-state index in [1.165, 1.54) is 33.1 Å². The number of carboxylic acid groups (broad SMARTS) is 1. The van der Waals surface area contributed by atoms with Gasteiger partial charge in [0.25, 0.3) is 5.97 Å². The average molecular weight is 565 g/mol. The van der Waals surface area contributed by atoms with Gasteiger partial charge in [-0.25, -0.2) is 4.79 Å². The van der Waals surface area contributed by atoms with E-state index in [-0.39, 0.29) is 5.84 Å². The van der Waals surface area contributed by atoms with Crippen molar-refractivity contribution >= 4 is 17.5 Å². The van der Waals surface area contributed by atoms with Gasteiger partial charge in [-0.1, -0.05) is 24.3 Å². The van der Waals surface area contributed by atoms with Crippen molar-refractivity contribution in [3.05, 3.63) is 88.1 Å². The number of methoxy groups -OCH3 is 4. The molecule has 0 radical (unpaired) electrons. The van der Waals surface area contributed by atoms with Crippen molar-refractivity contribution in [2.75, 3.05) is 33.8 Å². The molecule has 6 N–H and O–H groups in total. The smallest absolute Gasteiger partial charge is 0.348 e. The second kappa shape index (κ2) is 13.6. The first kappa shape index (κ1) is 30.1. The second-order valence-electron chi connectivity index (χ2n) is 8.41. The lowest BCUT2D eigenvalue weighted by atomic mass is 10.0. The molecular formula is C28H32N6O7. The van der Waals surface area contributed by atoms with Gasteiger partial charge in [-0.2, -0.15) is 4.68 Å². The molecule has 13 heteroatoms. The summed E-state index contributed by atoms with van der Waals surface area (Å²) in [5.74, 6) is 1.11. The molecule has 1 unspecified atom stereocenters. The molecule has 0 fully saturated rings. The standard InChI is InChI=1S/C26H28N6O5.C2H4O2/c1-34-19-12-8-7-11-18(19)32-26(33)30-25(31-32)22(29-17-10-6-5-9-16(17)24(27)28)15-13-20(35-2)23(37-4)21(14-15)36-3;1-2(3)4/h5-14,22,29H,1-4H3,(H3,27,28)(H,30,31,33);1H3,(H,3,4). The Hall–Kier alpha value is -5.46. The van der Waals surface area contributed by atoms with Gasteiger partial charge in [0.1, 0.15) is 23.3 Å². The maximum absolute atomic E-state index is 13.1. The highest BCUT2D eigenvalue weighted by Gasteiger charge is 2.25. The number of rotatable bonds is 10. The van der Waals surface area contributed by atoms with Crippen LogP contribution in [0.2, 0.25) is 0 Å². The minimum atomic E-state index is -0.833. The Bertz CT molecular complexity index is 1550. The van der Waals surface area contributed by atoms with Crippen molar-refractivity contribution in [3.63, 3.8) is 0 Å². The molecule has 13 nitrogen and oxygen atoms in total. The van der Waals surface area contributed by atoms with E-state index in [0.29, 0.717) is 51.3 Å². The number of nitrogens with one attached hydrogen (secondary N) is 3. The van der Waals surface area contributed by atoms with Crippen LogP contribution in [-0.2, 0) is 4.79 Å². The number of anilines is 1. The third-order valence-corrected chi connectivity index (χ3v) is 5.76. The second-order valence-corrected chi connectivity index (χ2v) is 8.41. The predicted molar refractivity (Wildman–Crippen MR) is 153 cm³/mol. The third kappa shape index (κ3) is 6.95. The van der Waals surface area contributed by atoms with Crippen LogP contribution in [0.5, 0.6) is 23.0 Å². The number of benzene rings is 3. The van der Waals surface area contributed by atoms with Crippen LogP contribution in [0.3, 0.4) is 0 Å². The molecule has 1 heterocycles. The van der Waals surface area contributed by atoms with Gasteiger partial charge in [0.15, 0.2) is 17.3 Å². The number of carboxylic acids is 1. The number of carbonyl (C=O) groups is 1. The first-order valence-corrected chi connectivity index (χ1v) is 12.2. The molecule has 4 rings (SSSR count). The van der Waals surface area contributed by atoms with Crippen molar-refractivity contribution in [3.8, 4) is 28.7 Å². The summed E-state index contributed by atoms with van der Waals surface area (Å²) in [5, 5.41) is 23.4. The molecule has 3 aromatic carbocycles. The Morgan fingerprint density at radius 1 is 0.976 bits per heavy atom. The molecule has 0 amide bonds. The van der Waals surface area contributed by atoms with E-state index >= 15 is 0 Å². The van der Waals surface area contributed by atoms with Crippen LogP contribution >= 0.6 is 0 Å². The van der Waals surface area contributed by atoms with Crippen molar-refractivity contribution in [1.82, 2.24) is 14.8 Å². The van der Waals surface area contributed by atoms with Crippen molar-refractivity contribution in [2.45, 2.75) is 13.0 Å². The fraction of sp³-hybridized carbons (Fsp3) is 0.214. The summed E-state index contributed by atoms with van der Waals surface area (Å²) in [6.45, 7) is 1.08. The summed E-state index contributed by atoms with van der Waals surface area (Å²) in [6.07, 6.45) is 0. The topological polar surface area (TPSA) is 187 Å². The summed E-state index contributed by atoms with van der Waals surface area (Å²) in [7, 11) is 6.08. The number of aromatic amines is 1. The van der Waals surface area contributed by atoms with E-state index in [4.69, 9.17) is 40.0 Å². The number of aliphatic carboxylic acids is 1. The summed E-state index contributed by atoms with van der Waals surface area (Å²) in [5.41, 5.74) is 7.56. The molecule has 0 aliphatic heterocycles. The maximum atomic E-state index is 13.1. The molecule has 0 saturated carbocycles. The van der Waals surface area contributed by atoms with Gasteiger partial charge in [0, 0.05) is 18.2 Å². The highest BCUT2D eigenvalue weighted by Crippen LogP contribution is 2.41. The Morgan fingerprint density at radius 3 is 2.10 bits per heavy atom. The van der Waals surface area contributed by atoms with Gasteiger partial charge < -0.3 is 35.1 Å². The molecule has 0 saturated heterocycles. The lowest BCUT2D eigenvalue weighted by Gasteiger charge is -2.22. The van der Waals surface area contributed by atoms with Gasteiger partial charge in [0.2, 0.25) is 5.75 Å². The van der Waals surface area contributed by atoms with Gasteiger partial charge in [-0.3, -0.25) is 15.2 Å². The quantitative estimate of drug-likeness (QED) is 0.141. The summed E-state index contributed by atoms with van der Waals surface area (Å²) >= 11 is 0. The van der Waals surface area contributed by atoms with Gasteiger partial charge >= 0.3 is 5.69 Å². The first-order chi connectivity index (χ1) is 19.6. The van der Waals surface area contributed by atoms with Gasteiger partial charge in [-0.05, 0) is 42.0 Å². The number of hydrogen-bond acceptors (Lipinski definition) is 9. The number of nitrogens with zero attached hydrogens (tertiary/aromatic N) is 2. The Balaban J connectivity index is 0.00000108. The van der Waals surface area contributed by atoms with E-state index in [1.807, 2.05) is 6.07 Å². The van der Waals surface area contributed by atoms with E-state index in [2.05, 4.69) is 15.4 Å². The maximum Gasteiger partial charge on any atom is 0.348 e. The van der Waals surface area contributed by atoms with Crippen LogP contribution in [0.15, 0.2) is 65.5 Å². The molecule has 4 aromatic rings. The molecule has 216 valence electrons. The molecule has 0 bridgehead atoms. The zero-order valence-corrected chi connectivity index (χ0v) is 23.2. The van der Waals surface area contributed by atoms with Crippen LogP contribution in [0, 0.1) is 5.41 Å². The first-order valence-electron chi connectivity index (χ1n) is 12.2. The number of nitrogen functional groups attached to an aromatic ring is 1. The highest BCUT2D eigenvalue weighted by atomic mass is 16.5. The van der Waals surface area contributed by atoms with E-state index < -0.39 is 17.7 Å². The Morgan fingerprint density at radius 2 is 1.54 bits per heavy atom. The lowest BCUT2D eigenvalue weighted by Crippen LogP contribution is -2.19. The number of aromatic nitrogens is 3. The van der Waals surface area contributed by atoms with Crippen molar-refractivity contribution in [2.24, 2.45) is 5.73 Å². The van der Waals surface area contributed by atoms with E-state index in [1.54, 1.807) is 54.6 Å². The van der Waals surface area contributed by atoms with E-state index in [0.717, 1.165) is 6.92 Å². The zero-order chi connectivity index (χ0) is 30.1. The zero-order valence-electron chi connectivity index (χ0n) is 23.2. The predicted octanol–water partition coefficient (Wildman–Crippen LogP) is 3.17. The third-order valence-electron chi connectivity index (χ3n) is 5.76. The van der Waals surface area contributed by atoms with Crippen LogP contribution in [0.1, 0.15) is 29.9 Å². The van der Waals surface area contributed by atoms with Crippen molar-refractivity contribution < 1.29 is 28.8 Å². The lowest BCUT2D eigenvalue weighted by molar-refractivity contribution is -0.134. The summed E-state index contributed by atoms with van der Waals surface area (Å²) in [6, 6.07) is 17.0. The minimum absolute atomic E-state index is 0.111. The normalized spacial score (nSPS) is 11.0. The average Bonchev–Trinajstić information content (AvgIpc) is 3.35. The minimum Gasteiger partial charge on any atom is -0.494 e. The summed E-state index contributed by atoms with van der Waals surface area (Å²) in [4.78, 5) is 24.9. The molecule has 0 aliphatic rings. The molecule has 41 heavy (non-hydrogen) atoms. The molecular weight excluding hydrogens is 532 g/mol. The highest BCUT2D eigenvalue weighted by molar-refractivity contribution is 6.00. The molecule has 0 spiro atoms. The number of H-pyrrole nitrogens is 1. The van der Waals surface area contributed by atoms with Gasteiger partial charge in [-0.15, -0.1) is 5.10 Å². The SMILES string of the molecule is CC(=O)O.COc1ccccc1-n1nc(C(Nc2ccccc2C(=N)N)c2cc(OC)c(OC)c(OC)c2)[nH]c1=O. The monoisotopic (exact) mass is 564 g/mol. The fourth-order valence-electron chi connectivity index (χ4n) is 4.02. The van der Waals surface area contributed by atoms with Crippen LogP contribution in [0.25, 0.3) is 5.69 Å². The Kier molecular flexibility index (Phi) is 9.95. The Labute approximate surface area is 236 Å². The van der Waals surface area contributed by atoms with E-state index in [9.17, 15) is 4.79 Å². The molecule has 1 aromatic heterocycles.